The summed E-state index contributed by atoms with van der Waals surface area (Å²) in [6, 6.07) is 11.4. The van der Waals surface area contributed by atoms with Gasteiger partial charge in [0.15, 0.2) is 0 Å². The first-order chi connectivity index (χ1) is 13.9. The highest BCUT2D eigenvalue weighted by Gasteiger charge is 2.49. The molecule has 1 N–H and O–H groups in total. The molecule has 1 heterocycles. The fourth-order valence-corrected chi connectivity index (χ4v) is 4.82. The van der Waals surface area contributed by atoms with Gasteiger partial charge < -0.3 is 10.0 Å². The lowest BCUT2D eigenvalue weighted by Crippen LogP contribution is -2.37. The summed E-state index contributed by atoms with van der Waals surface area (Å²) in [5, 5.41) is 11.9. The molecule has 1 amide bonds. The highest BCUT2D eigenvalue weighted by molar-refractivity contribution is 6.47. The van der Waals surface area contributed by atoms with Crippen molar-refractivity contribution in [3.05, 3.63) is 74.8 Å². The number of benzene rings is 2. The molecule has 1 saturated carbocycles. The van der Waals surface area contributed by atoms with Crippen molar-refractivity contribution in [2.45, 2.75) is 44.7 Å². The molecule has 6 heteroatoms. The zero-order valence-electron chi connectivity index (χ0n) is 16.0. The lowest BCUT2D eigenvalue weighted by atomic mass is 9.94. The number of aliphatic hydroxyl groups excluding tert-OH is 1. The number of aliphatic hydroxyl groups is 1. The van der Waals surface area contributed by atoms with Crippen molar-refractivity contribution in [1.29, 1.82) is 0 Å². The summed E-state index contributed by atoms with van der Waals surface area (Å²) < 4.78 is 0. The quantitative estimate of drug-likeness (QED) is 0.388. The van der Waals surface area contributed by atoms with Crippen LogP contribution in [0.5, 0.6) is 0 Å². The standard InChI is InChI=1S/C23H21Cl2NO3/c1-13-6-8-14(9-7-13)21(27)19-20(17-11-10-15(24)12-18(17)25)26(23(29)22(19)28)16-4-2-3-5-16/h6-12,16,20,27H,2-5H2,1H3/b21-19+. The van der Waals surface area contributed by atoms with Gasteiger partial charge in [-0.15, -0.1) is 0 Å². The number of carbonyl (C=O) groups is 2. The van der Waals surface area contributed by atoms with Crippen molar-refractivity contribution in [1.82, 2.24) is 4.90 Å². The fourth-order valence-electron chi connectivity index (χ4n) is 4.30. The molecule has 1 aliphatic heterocycles. The number of aryl methyl sites for hydroxylation is 1. The number of Topliss-reactive ketones (excluding diaryl/α,β-unsaturated/α-hetero) is 1. The van der Waals surface area contributed by atoms with Crippen LogP contribution in [0.4, 0.5) is 0 Å². The third kappa shape index (κ3) is 3.56. The summed E-state index contributed by atoms with van der Waals surface area (Å²) in [6.45, 7) is 1.94. The Balaban J connectivity index is 1.91. The second kappa shape index (κ2) is 7.85. The molecule has 1 aliphatic carbocycles. The molecule has 150 valence electrons. The molecule has 1 saturated heterocycles. The van der Waals surface area contributed by atoms with Crippen LogP contribution < -0.4 is 0 Å². The molecule has 4 rings (SSSR count). The van der Waals surface area contributed by atoms with Crippen molar-refractivity contribution in [2.24, 2.45) is 0 Å². The highest BCUT2D eigenvalue weighted by atomic mass is 35.5. The summed E-state index contributed by atoms with van der Waals surface area (Å²) in [5.41, 5.74) is 2.20. The van der Waals surface area contributed by atoms with Gasteiger partial charge in [-0.1, -0.05) is 71.9 Å². The van der Waals surface area contributed by atoms with E-state index in [0.29, 0.717) is 21.2 Å². The molecule has 2 aromatic rings. The first-order valence-electron chi connectivity index (χ1n) is 9.70. The molecule has 2 fully saturated rings. The number of halogens is 2. The Bertz CT molecular complexity index is 1010. The van der Waals surface area contributed by atoms with Crippen LogP contribution in [-0.4, -0.2) is 27.7 Å². The maximum Gasteiger partial charge on any atom is 0.295 e. The molecule has 29 heavy (non-hydrogen) atoms. The second-order valence-electron chi connectivity index (χ2n) is 7.68. The fraction of sp³-hybridized carbons (Fsp3) is 0.304. The maximum atomic E-state index is 13.0. The van der Waals surface area contributed by atoms with E-state index in [2.05, 4.69) is 0 Å². The Kier molecular flexibility index (Phi) is 5.41. The van der Waals surface area contributed by atoms with Gasteiger partial charge in [-0.2, -0.15) is 0 Å². The van der Waals surface area contributed by atoms with Crippen molar-refractivity contribution in [3.63, 3.8) is 0 Å². The van der Waals surface area contributed by atoms with Gasteiger partial charge in [-0.3, -0.25) is 9.59 Å². The molecular weight excluding hydrogens is 409 g/mol. The Morgan fingerprint density at radius 2 is 1.69 bits per heavy atom. The van der Waals surface area contributed by atoms with Crippen LogP contribution in [0.3, 0.4) is 0 Å². The van der Waals surface area contributed by atoms with Gasteiger partial charge in [0.2, 0.25) is 0 Å². The number of amides is 1. The van der Waals surface area contributed by atoms with E-state index in [1.807, 2.05) is 19.1 Å². The first kappa shape index (κ1) is 20.0. The third-order valence-electron chi connectivity index (χ3n) is 5.78. The Hall–Kier alpha value is -2.30. The second-order valence-corrected chi connectivity index (χ2v) is 8.52. The van der Waals surface area contributed by atoms with E-state index in [1.54, 1.807) is 35.2 Å². The molecule has 1 unspecified atom stereocenters. The van der Waals surface area contributed by atoms with E-state index in [9.17, 15) is 14.7 Å². The van der Waals surface area contributed by atoms with Gasteiger partial charge in [0.25, 0.3) is 11.7 Å². The van der Waals surface area contributed by atoms with E-state index in [0.717, 1.165) is 31.2 Å². The largest absolute Gasteiger partial charge is 0.507 e. The lowest BCUT2D eigenvalue weighted by Gasteiger charge is -2.31. The smallest absolute Gasteiger partial charge is 0.295 e. The molecule has 4 nitrogen and oxygen atoms in total. The minimum absolute atomic E-state index is 0.0495. The maximum absolute atomic E-state index is 13.0. The Morgan fingerprint density at radius 1 is 1.03 bits per heavy atom. The van der Waals surface area contributed by atoms with E-state index in [1.165, 1.54) is 0 Å². The van der Waals surface area contributed by atoms with Gasteiger partial charge in [0, 0.05) is 21.7 Å². The first-order valence-corrected chi connectivity index (χ1v) is 10.5. The van der Waals surface area contributed by atoms with Crippen LogP contribution in [0.25, 0.3) is 5.76 Å². The average Bonchev–Trinajstić information content (AvgIpc) is 3.29. The SMILES string of the molecule is Cc1ccc(/C(O)=C2\C(=O)C(=O)N(C3CCCC3)C2c2ccc(Cl)cc2Cl)cc1. The van der Waals surface area contributed by atoms with Crippen LogP contribution in [0.1, 0.15) is 48.4 Å². The summed E-state index contributed by atoms with van der Waals surface area (Å²) in [4.78, 5) is 27.7. The van der Waals surface area contributed by atoms with Crippen LogP contribution >= 0.6 is 23.2 Å². The Labute approximate surface area is 179 Å². The zero-order valence-corrected chi connectivity index (χ0v) is 17.5. The van der Waals surface area contributed by atoms with Gasteiger partial charge in [0.1, 0.15) is 5.76 Å². The van der Waals surface area contributed by atoms with Crippen molar-refractivity contribution < 1.29 is 14.7 Å². The van der Waals surface area contributed by atoms with E-state index >= 15 is 0 Å². The third-order valence-corrected chi connectivity index (χ3v) is 6.34. The normalized spacial score (nSPS) is 21.9. The predicted molar refractivity (Wildman–Crippen MR) is 114 cm³/mol. The van der Waals surface area contributed by atoms with Gasteiger partial charge in [-0.25, -0.2) is 0 Å². The van der Waals surface area contributed by atoms with Gasteiger partial charge >= 0.3 is 0 Å². The summed E-state index contributed by atoms with van der Waals surface area (Å²) in [6.07, 6.45) is 3.68. The van der Waals surface area contributed by atoms with Crippen molar-refractivity contribution >= 4 is 40.7 Å². The number of ketones is 1. The molecular formula is C23H21Cl2NO3. The molecule has 2 aliphatic rings. The van der Waals surface area contributed by atoms with Crippen molar-refractivity contribution in [2.75, 3.05) is 0 Å². The molecule has 0 aromatic heterocycles. The van der Waals surface area contributed by atoms with E-state index in [-0.39, 0.29) is 17.4 Å². The molecule has 0 spiro atoms. The number of likely N-dealkylation sites (tertiary alicyclic amines) is 1. The molecule has 0 radical (unpaired) electrons. The highest BCUT2D eigenvalue weighted by Crippen LogP contribution is 2.45. The number of hydrogen-bond acceptors (Lipinski definition) is 3. The average molecular weight is 430 g/mol. The van der Waals surface area contributed by atoms with Crippen LogP contribution in [0.15, 0.2) is 48.0 Å². The predicted octanol–water partition coefficient (Wildman–Crippen LogP) is 5.67. The summed E-state index contributed by atoms with van der Waals surface area (Å²) in [7, 11) is 0. The van der Waals surface area contributed by atoms with Gasteiger partial charge in [-0.05, 0) is 37.5 Å². The minimum atomic E-state index is -0.732. The molecule has 2 aromatic carbocycles. The van der Waals surface area contributed by atoms with Crippen LogP contribution in [0.2, 0.25) is 10.0 Å². The van der Waals surface area contributed by atoms with Gasteiger partial charge in [0.05, 0.1) is 11.6 Å². The number of nitrogens with zero attached hydrogens (tertiary/aromatic N) is 1. The number of carbonyl (C=O) groups excluding carboxylic acids is 2. The van der Waals surface area contributed by atoms with Crippen molar-refractivity contribution in [3.8, 4) is 0 Å². The summed E-state index contributed by atoms with van der Waals surface area (Å²) in [5.74, 6) is -1.44. The molecule has 1 atom stereocenters. The minimum Gasteiger partial charge on any atom is -0.507 e. The monoisotopic (exact) mass is 429 g/mol. The lowest BCUT2D eigenvalue weighted by molar-refractivity contribution is -0.141. The van der Waals surface area contributed by atoms with Crippen LogP contribution in [0, 0.1) is 6.92 Å². The zero-order chi connectivity index (χ0) is 20.7. The van der Waals surface area contributed by atoms with E-state index in [4.69, 9.17) is 23.2 Å². The van der Waals surface area contributed by atoms with Crippen LogP contribution in [-0.2, 0) is 9.59 Å². The summed E-state index contributed by atoms with van der Waals surface area (Å²) >= 11 is 12.5. The number of rotatable bonds is 3. The Morgan fingerprint density at radius 3 is 2.31 bits per heavy atom. The van der Waals surface area contributed by atoms with E-state index < -0.39 is 17.7 Å². The topological polar surface area (TPSA) is 57.6 Å². The molecule has 0 bridgehead atoms. The number of hydrogen-bond donors (Lipinski definition) is 1.